The molecule has 2 aromatic rings. The van der Waals surface area contributed by atoms with Gasteiger partial charge in [0.1, 0.15) is 5.82 Å². The van der Waals surface area contributed by atoms with Crippen LogP contribution < -0.4 is 5.32 Å². The second kappa shape index (κ2) is 4.50. The molecule has 0 spiro atoms. The van der Waals surface area contributed by atoms with Crippen molar-refractivity contribution in [2.75, 3.05) is 0 Å². The predicted molar refractivity (Wildman–Crippen MR) is 68.4 cm³/mol. The van der Waals surface area contributed by atoms with Gasteiger partial charge in [0.25, 0.3) is 5.91 Å². The molecule has 3 rings (SSSR count). The highest BCUT2D eigenvalue weighted by atomic mass is 19.1. The fourth-order valence-corrected chi connectivity index (χ4v) is 2.38. The van der Waals surface area contributed by atoms with Crippen molar-refractivity contribution in [2.24, 2.45) is 0 Å². The molecule has 0 aliphatic carbocycles. The lowest BCUT2D eigenvalue weighted by Crippen LogP contribution is -2.39. The molecule has 5 heteroatoms. The Balaban J connectivity index is 1.95. The van der Waals surface area contributed by atoms with Crippen molar-refractivity contribution in [3.8, 4) is 0 Å². The van der Waals surface area contributed by atoms with E-state index in [9.17, 15) is 9.18 Å². The summed E-state index contributed by atoms with van der Waals surface area (Å²) >= 11 is 0. The Morgan fingerprint density at radius 1 is 1.47 bits per heavy atom. The van der Waals surface area contributed by atoms with Gasteiger partial charge >= 0.3 is 0 Å². The van der Waals surface area contributed by atoms with E-state index in [1.807, 2.05) is 6.92 Å². The average Bonchev–Trinajstić information content (AvgIpc) is 2.76. The Labute approximate surface area is 110 Å². The molecule has 1 aromatic heterocycles. The smallest absolute Gasteiger partial charge is 0.254 e. The molecule has 0 radical (unpaired) electrons. The van der Waals surface area contributed by atoms with Crippen molar-refractivity contribution in [3.05, 3.63) is 53.1 Å². The number of benzene rings is 1. The van der Waals surface area contributed by atoms with Crippen LogP contribution in [0, 0.1) is 5.82 Å². The van der Waals surface area contributed by atoms with Crippen molar-refractivity contribution in [3.63, 3.8) is 0 Å². The van der Waals surface area contributed by atoms with Crippen LogP contribution in [0.4, 0.5) is 4.39 Å². The van der Waals surface area contributed by atoms with Crippen molar-refractivity contribution in [2.45, 2.75) is 25.9 Å². The van der Waals surface area contributed by atoms with Gasteiger partial charge < -0.3 is 5.32 Å². The monoisotopic (exact) mass is 259 g/mol. The molecule has 0 fully saturated rings. The third-order valence-corrected chi connectivity index (χ3v) is 3.35. The van der Waals surface area contributed by atoms with Crippen molar-refractivity contribution in [1.82, 2.24) is 15.1 Å². The van der Waals surface area contributed by atoms with Gasteiger partial charge in [0.15, 0.2) is 0 Å². The van der Waals surface area contributed by atoms with Crippen LogP contribution in [0.25, 0.3) is 0 Å². The number of hydrogen-bond acceptors (Lipinski definition) is 2. The third kappa shape index (κ3) is 2.12. The first-order valence-corrected chi connectivity index (χ1v) is 6.24. The van der Waals surface area contributed by atoms with Crippen LogP contribution in [0.3, 0.4) is 0 Å². The molecular formula is C14H14FN3O. The third-order valence-electron chi connectivity index (χ3n) is 3.35. The first kappa shape index (κ1) is 11.9. The highest BCUT2D eigenvalue weighted by Gasteiger charge is 2.25. The van der Waals surface area contributed by atoms with Gasteiger partial charge in [-0.15, -0.1) is 0 Å². The standard InChI is InChI=1S/C14H14FN3O/c1-9-6-13-11(14(19)17-9)7-16-18(13)8-10-4-2-3-5-12(10)15/h2-5,7,9H,6,8H2,1H3,(H,17,19)/t9-/m1/s1. The molecule has 0 saturated carbocycles. The largest absolute Gasteiger partial charge is 0.349 e. The van der Waals surface area contributed by atoms with Gasteiger partial charge in [-0.1, -0.05) is 18.2 Å². The predicted octanol–water partition coefficient (Wildman–Crippen LogP) is 1.74. The van der Waals surface area contributed by atoms with Crippen LogP contribution in [-0.4, -0.2) is 21.7 Å². The van der Waals surface area contributed by atoms with E-state index in [1.165, 1.54) is 6.07 Å². The maximum atomic E-state index is 13.6. The fraction of sp³-hybridized carbons (Fsp3) is 0.286. The molecule has 4 nitrogen and oxygen atoms in total. The minimum absolute atomic E-state index is 0.0797. The molecule has 1 aliphatic rings. The number of amides is 1. The number of halogens is 1. The summed E-state index contributed by atoms with van der Waals surface area (Å²) in [5.41, 5.74) is 2.04. The van der Waals surface area contributed by atoms with E-state index >= 15 is 0 Å². The normalized spacial score (nSPS) is 18.0. The lowest BCUT2D eigenvalue weighted by Gasteiger charge is -2.21. The van der Waals surface area contributed by atoms with E-state index in [4.69, 9.17) is 0 Å². The maximum Gasteiger partial charge on any atom is 0.254 e. The van der Waals surface area contributed by atoms with Crippen LogP contribution in [0.2, 0.25) is 0 Å². The first-order valence-electron chi connectivity index (χ1n) is 6.24. The summed E-state index contributed by atoms with van der Waals surface area (Å²) in [6.07, 6.45) is 2.27. The molecule has 1 aromatic carbocycles. The van der Waals surface area contributed by atoms with Gasteiger partial charge in [-0.25, -0.2) is 4.39 Å². The lowest BCUT2D eigenvalue weighted by molar-refractivity contribution is 0.0928. The Morgan fingerprint density at radius 3 is 3.05 bits per heavy atom. The Bertz CT molecular complexity index is 635. The van der Waals surface area contributed by atoms with Crippen molar-refractivity contribution < 1.29 is 9.18 Å². The quantitative estimate of drug-likeness (QED) is 0.893. The van der Waals surface area contributed by atoms with Crippen LogP contribution in [0.5, 0.6) is 0 Å². The number of hydrogen-bond donors (Lipinski definition) is 1. The summed E-state index contributed by atoms with van der Waals surface area (Å²) in [5, 5.41) is 7.07. The number of rotatable bonds is 2. The Kier molecular flexibility index (Phi) is 2.81. The second-order valence-electron chi connectivity index (χ2n) is 4.83. The summed E-state index contributed by atoms with van der Waals surface area (Å²) < 4.78 is 15.4. The minimum Gasteiger partial charge on any atom is -0.349 e. The number of fused-ring (bicyclic) bond motifs is 1. The molecule has 98 valence electrons. The molecule has 0 bridgehead atoms. The topological polar surface area (TPSA) is 46.9 Å². The molecule has 19 heavy (non-hydrogen) atoms. The SMILES string of the molecule is C[C@@H]1Cc2c(cnn2Cc2ccccc2F)C(=O)N1. The summed E-state index contributed by atoms with van der Waals surface area (Å²) in [7, 11) is 0. The van der Waals surface area contributed by atoms with E-state index in [2.05, 4.69) is 10.4 Å². The van der Waals surface area contributed by atoms with E-state index in [0.717, 1.165) is 12.1 Å². The molecule has 1 amide bonds. The lowest BCUT2D eigenvalue weighted by atomic mass is 10.0. The van der Waals surface area contributed by atoms with E-state index < -0.39 is 0 Å². The van der Waals surface area contributed by atoms with Gasteiger partial charge in [0, 0.05) is 18.0 Å². The summed E-state index contributed by atoms with van der Waals surface area (Å²) in [5.74, 6) is -0.353. The van der Waals surface area contributed by atoms with Crippen LogP contribution in [0.15, 0.2) is 30.5 Å². The van der Waals surface area contributed by atoms with Crippen LogP contribution in [-0.2, 0) is 13.0 Å². The Hall–Kier alpha value is -2.17. The molecule has 0 unspecified atom stereocenters. The zero-order valence-electron chi connectivity index (χ0n) is 10.6. The zero-order valence-corrected chi connectivity index (χ0v) is 10.6. The van der Waals surface area contributed by atoms with Crippen LogP contribution in [0.1, 0.15) is 28.5 Å². The molecule has 1 atom stereocenters. The summed E-state index contributed by atoms with van der Waals surface area (Å²) in [6.45, 7) is 2.29. The van der Waals surface area contributed by atoms with Gasteiger partial charge in [-0.3, -0.25) is 9.48 Å². The number of nitrogens with one attached hydrogen (secondary N) is 1. The van der Waals surface area contributed by atoms with E-state index in [0.29, 0.717) is 17.7 Å². The molecule has 1 aliphatic heterocycles. The van der Waals surface area contributed by atoms with E-state index in [1.54, 1.807) is 29.1 Å². The Morgan fingerprint density at radius 2 is 2.26 bits per heavy atom. The highest BCUT2D eigenvalue weighted by molar-refractivity contribution is 5.96. The minimum atomic E-state index is -0.250. The zero-order chi connectivity index (χ0) is 13.4. The summed E-state index contributed by atoms with van der Waals surface area (Å²) in [4.78, 5) is 11.8. The fourth-order valence-electron chi connectivity index (χ4n) is 2.38. The first-order chi connectivity index (χ1) is 9.15. The molecule has 2 heterocycles. The molecule has 0 saturated heterocycles. The van der Waals surface area contributed by atoms with Crippen molar-refractivity contribution >= 4 is 5.91 Å². The van der Waals surface area contributed by atoms with Crippen LogP contribution >= 0.6 is 0 Å². The molecular weight excluding hydrogens is 245 g/mol. The van der Waals surface area contributed by atoms with Gasteiger partial charge in [0.2, 0.25) is 0 Å². The highest BCUT2D eigenvalue weighted by Crippen LogP contribution is 2.18. The molecule has 1 N–H and O–H groups in total. The number of carbonyl (C=O) groups excluding carboxylic acids is 1. The number of nitrogens with zero attached hydrogens (tertiary/aromatic N) is 2. The maximum absolute atomic E-state index is 13.6. The van der Waals surface area contributed by atoms with Gasteiger partial charge in [-0.2, -0.15) is 5.10 Å². The number of carbonyl (C=O) groups is 1. The van der Waals surface area contributed by atoms with Gasteiger partial charge in [0.05, 0.1) is 24.0 Å². The van der Waals surface area contributed by atoms with E-state index in [-0.39, 0.29) is 17.8 Å². The second-order valence-corrected chi connectivity index (χ2v) is 4.83. The summed E-state index contributed by atoms with van der Waals surface area (Å²) in [6, 6.07) is 6.70. The average molecular weight is 259 g/mol. The van der Waals surface area contributed by atoms with Gasteiger partial charge in [-0.05, 0) is 13.0 Å². The van der Waals surface area contributed by atoms with Crippen molar-refractivity contribution in [1.29, 1.82) is 0 Å². The number of aromatic nitrogens is 2.